The second-order valence-corrected chi connectivity index (χ2v) is 6.12. The molecule has 0 saturated carbocycles. The molecule has 2 aliphatic rings. The molecular formula is C16H20N2O4. The number of carboxylic acids is 1. The van der Waals surface area contributed by atoms with Crippen molar-refractivity contribution in [1.82, 2.24) is 10.6 Å². The Morgan fingerprint density at radius 2 is 1.86 bits per heavy atom. The Bertz CT molecular complexity index is 549. The molecule has 2 atom stereocenters. The van der Waals surface area contributed by atoms with Crippen molar-refractivity contribution in [3.8, 4) is 0 Å². The second kappa shape index (κ2) is 5.96. The number of carbonyl (C=O) groups excluding carboxylic acids is 1. The first-order valence-corrected chi connectivity index (χ1v) is 7.56. The minimum absolute atomic E-state index is 0.132. The molecule has 118 valence electrons. The van der Waals surface area contributed by atoms with E-state index in [-0.39, 0.29) is 18.7 Å². The lowest BCUT2D eigenvalue weighted by atomic mass is 9.84. The molecule has 6 heteroatoms. The van der Waals surface area contributed by atoms with Crippen molar-refractivity contribution in [3.05, 3.63) is 35.9 Å². The van der Waals surface area contributed by atoms with Crippen molar-refractivity contribution >= 4 is 12.1 Å². The number of hydrogen-bond acceptors (Lipinski definition) is 4. The molecule has 2 heterocycles. The molecule has 1 amide bonds. The number of rotatable bonds is 4. The van der Waals surface area contributed by atoms with Gasteiger partial charge in [0.15, 0.2) is 0 Å². The number of carboxylic acid groups (broad SMARTS) is 1. The van der Waals surface area contributed by atoms with Crippen molar-refractivity contribution in [2.24, 2.45) is 0 Å². The third-order valence-corrected chi connectivity index (χ3v) is 4.49. The highest BCUT2D eigenvalue weighted by molar-refractivity contribution is 5.84. The lowest BCUT2D eigenvalue weighted by Crippen LogP contribution is -2.62. The Balaban J connectivity index is 1.62. The smallest absolute Gasteiger partial charge is 0.408 e. The highest BCUT2D eigenvalue weighted by Gasteiger charge is 2.50. The predicted molar refractivity (Wildman–Crippen MR) is 79.3 cm³/mol. The van der Waals surface area contributed by atoms with Gasteiger partial charge in [-0.1, -0.05) is 30.3 Å². The first kappa shape index (κ1) is 14.8. The Hall–Kier alpha value is -2.08. The van der Waals surface area contributed by atoms with Crippen LogP contribution in [-0.2, 0) is 16.1 Å². The maximum Gasteiger partial charge on any atom is 0.408 e. The maximum absolute atomic E-state index is 12.0. The summed E-state index contributed by atoms with van der Waals surface area (Å²) < 4.78 is 5.16. The number of benzene rings is 1. The summed E-state index contributed by atoms with van der Waals surface area (Å²) in [7, 11) is 0. The number of hydrogen-bond donors (Lipinski definition) is 3. The van der Waals surface area contributed by atoms with Crippen LogP contribution in [0.1, 0.15) is 31.2 Å². The largest absolute Gasteiger partial charge is 0.480 e. The molecule has 3 N–H and O–H groups in total. The van der Waals surface area contributed by atoms with Crippen LogP contribution in [0, 0.1) is 0 Å². The van der Waals surface area contributed by atoms with Crippen molar-refractivity contribution in [3.63, 3.8) is 0 Å². The van der Waals surface area contributed by atoms with Gasteiger partial charge in [0.25, 0.3) is 0 Å². The van der Waals surface area contributed by atoms with Gasteiger partial charge in [0, 0.05) is 12.1 Å². The van der Waals surface area contributed by atoms with E-state index in [9.17, 15) is 14.7 Å². The average molecular weight is 304 g/mol. The highest BCUT2D eigenvalue weighted by Crippen LogP contribution is 2.34. The summed E-state index contributed by atoms with van der Waals surface area (Å²) in [5.74, 6) is -0.984. The fourth-order valence-electron chi connectivity index (χ4n) is 3.43. The lowest BCUT2D eigenvalue weighted by Gasteiger charge is -2.38. The standard InChI is InChI=1S/C16H20N2O4/c19-14(20)16(8-12-6-7-13(9-16)17-12)18-15(21)22-10-11-4-2-1-3-5-11/h1-5,12-13,17H,6-10H2,(H,18,21)(H,19,20). The molecule has 0 spiro atoms. The summed E-state index contributed by atoms with van der Waals surface area (Å²) in [5.41, 5.74) is -0.349. The number of alkyl carbamates (subject to hydrolysis) is 1. The van der Waals surface area contributed by atoms with E-state index < -0.39 is 17.6 Å². The van der Waals surface area contributed by atoms with Gasteiger partial charge in [-0.2, -0.15) is 0 Å². The molecule has 0 aromatic heterocycles. The van der Waals surface area contributed by atoms with Gasteiger partial charge in [0.2, 0.25) is 0 Å². The number of nitrogens with one attached hydrogen (secondary N) is 2. The van der Waals surface area contributed by atoms with E-state index in [1.807, 2.05) is 30.3 Å². The summed E-state index contributed by atoms with van der Waals surface area (Å²) in [5, 5.41) is 15.6. The van der Waals surface area contributed by atoms with Crippen LogP contribution in [0.4, 0.5) is 4.79 Å². The summed E-state index contributed by atoms with van der Waals surface area (Å²) >= 11 is 0. The molecule has 2 bridgehead atoms. The van der Waals surface area contributed by atoms with Gasteiger partial charge in [-0.3, -0.25) is 0 Å². The molecule has 2 unspecified atom stereocenters. The number of aliphatic carboxylic acids is 1. The maximum atomic E-state index is 12.0. The van der Waals surface area contributed by atoms with E-state index in [0.717, 1.165) is 18.4 Å². The van der Waals surface area contributed by atoms with Gasteiger partial charge in [-0.25, -0.2) is 9.59 Å². The summed E-state index contributed by atoms with van der Waals surface area (Å²) in [6.45, 7) is 0.132. The zero-order valence-corrected chi connectivity index (χ0v) is 12.2. The Labute approximate surface area is 128 Å². The normalized spacial score (nSPS) is 29.8. The van der Waals surface area contributed by atoms with Gasteiger partial charge < -0.3 is 20.5 Å². The number of fused-ring (bicyclic) bond motifs is 2. The SMILES string of the molecule is O=C(NC1(C(=O)O)CC2CCC(C1)N2)OCc1ccccc1. The number of amides is 1. The van der Waals surface area contributed by atoms with Gasteiger partial charge in [0.1, 0.15) is 12.1 Å². The van der Waals surface area contributed by atoms with Crippen molar-refractivity contribution in [2.45, 2.75) is 49.9 Å². The van der Waals surface area contributed by atoms with Crippen LogP contribution in [0.15, 0.2) is 30.3 Å². The van der Waals surface area contributed by atoms with Crippen molar-refractivity contribution in [2.75, 3.05) is 0 Å². The molecule has 2 fully saturated rings. The molecule has 0 aliphatic carbocycles. The number of carbonyl (C=O) groups is 2. The van der Waals surface area contributed by atoms with Crippen molar-refractivity contribution in [1.29, 1.82) is 0 Å². The lowest BCUT2D eigenvalue weighted by molar-refractivity contribution is -0.146. The Morgan fingerprint density at radius 3 is 2.45 bits per heavy atom. The summed E-state index contributed by atoms with van der Waals surface area (Å²) in [6.07, 6.45) is 2.05. The predicted octanol–water partition coefficient (Wildman–Crippen LogP) is 1.65. The fourth-order valence-corrected chi connectivity index (χ4v) is 3.43. The van der Waals surface area contributed by atoms with Crippen LogP contribution >= 0.6 is 0 Å². The molecule has 0 radical (unpaired) electrons. The molecule has 3 rings (SSSR count). The minimum Gasteiger partial charge on any atom is -0.480 e. The van der Waals surface area contributed by atoms with E-state index in [0.29, 0.717) is 12.8 Å². The van der Waals surface area contributed by atoms with Gasteiger partial charge in [-0.15, -0.1) is 0 Å². The van der Waals surface area contributed by atoms with Crippen LogP contribution in [0.2, 0.25) is 0 Å². The van der Waals surface area contributed by atoms with Crippen molar-refractivity contribution < 1.29 is 19.4 Å². The monoisotopic (exact) mass is 304 g/mol. The van der Waals surface area contributed by atoms with Gasteiger partial charge in [-0.05, 0) is 31.2 Å². The van der Waals surface area contributed by atoms with Gasteiger partial charge in [0.05, 0.1) is 0 Å². The van der Waals surface area contributed by atoms with Gasteiger partial charge >= 0.3 is 12.1 Å². The van der Waals surface area contributed by atoms with Crippen LogP contribution < -0.4 is 10.6 Å². The summed E-state index contributed by atoms with van der Waals surface area (Å²) in [4.78, 5) is 23.7. The molecule has 1 aromatic carbocycles. The fraction of sp³-hybridized carbons (Fsp3) is 0.500. The molecule has 2 aliphatic heterocycles. The van der Waals surface area contributed by atoms with Crippen LogP contribution in [0.25, 0.3) is 0 Å². The molecule has 2 saturated heterocycles. The first-order valence-electron chi connectivity index (χ1n) is 7.56. The zero-order valence-electron chi connectivity index (χ0n) is 12.2. The Kier molecular flexibility index (Phi) is 4.02. The van der Waals surface area contributed by atoms with Crippen LogP contribution in [0.3, 0.4) is 0 Å². The van der Waals surface area contributed by atoms with Crippen LogP contribution in [-0.4, -0.2) is 34.8 Å². The van der Waals surface area contributed by atoms with E-state index in [4.69, 9.17) is 4.74 Å². The van der Waals surface area contributed by atoms with E-state index in [2.05, 4.69) is 10.6 Å². The first-order chi connectivity index (χ1) is 10.6. The second-order valence-electron chi connectivity index (χ2n) is 6.12. The van der Waals surface area contributed by atoms with E-state index in [1.165, 1.54) is 0 Å². The number of piperidine rings is 1. The Morgan fingerprint density at radius 1 is 1.23 bits per heavy atom. The molecular weight excluding hydrogens is 284 g/mol. The highest BCUT2D eigenvalue weighted by atomic mass is 16.5. The zero-order chi connectivity index (χ0) is 15.6. The van der Waals surface area contributed by atoms with E-state index in [1.54, 1.807) is 0 Å². The van der Waals surface area contributed by atoms with E-state index >= 15 is 0 Å². The molecule has 6 nitrogen and oxygen atoms in total. The third-order valence-electron chi connectivity index (χ3n) is 4.49. The summed E-state index contributed by atoms with van der Waals surface area (Å²) in [6, 6.07) is 9.62. The third kappa shape index (κ3) is 3.06. The molecule has 22 heavy (non-hydrogen) atoms. The topological polar surface area (TPSA) is 87.7 Å². The molecule has 1 aromatic rings. The number of ether oxygens (including phenoxy) is 1. The minimum atomic E-state index is -1.22. The average Bonchev–Trinajstić information content (AvgIpc) is 2.85. The van der Waals surface area contributed by atoms with Crippen LogP contribution in [0.5, 0.6) is 0 Å². The quantitative estimate of drug-likeness (QED) is 0.787.